The number of nitrogens with one attached hydrogen (secondary N) is 1. The zero-order chi connectivity index (χ0) is 18.2. The van der Waals surface area contributed by atoms with Crippen molar-refractivity contribution in [2.24, 2.45) is 0 Å². The Morgan fingerprint density at radius 1 is 1.24 bits per heavy atom. The molecule has 7 nitrogen and oxygen atoms in total. The third-order valence-corrected chi connectivity index (χ3v) is 5.01. The van der Waals surface area contributed by atoms with Gasteiger partial charge in [0.05, 0.1) is 5.69 Å². The minimum absolute atomic E-state index is 0.376. The Bertz CT molecular complexity index is 1010. The highest BCUT2D eigenvalue weighted by Gasteiger charge is 2.17. The summed E-state index contributed by atoms with van der Waals surface area (Å²) in [5.41, 5.74) is 4.01. The summed E-state index contributed by atoms with van der Waals surface area (Å²) in [5.74, 6) is 1.88. The van der Waals surface area contributed by atoms with Crippen LogP contribution in [-0.2, 0) is 16.1 Å². The van der Waals surface area contributed by atoms with Crippen LogP contribution >= 0.6 is 0 Å². The van der Waals surface area contributed by atoms with Crippen molar-refractivity contribution in [3.05, 3.63) is 41.9 Å². The fourth-order valence-electron chi connectivity index (χ4n) is 2.84. The maximum atomic E-state index is 11.5. The number of aromatic nitrogens is 4. The van der Waals surface area contributed by atoms with Crippen LogP contribution < -0.4 is 4.90 Å². The standard InChI is InChI=1S/C17H22N6OS/c1-12-15(16(22(2)3)23-17(21-12)19-11-20-23)14-7-5-13(6-8-14)9-10-25(4,18)24/h5-8,11,18H,9-10H2,1-4H3. The number of rotatable bonds is 5. The van der Waals surface area contributed by atoms with Gasteiger partial charge in [-0.2, -0.15) is 14.6 Å². The number of hydrogen-bond acceptors (Lipinski definition) is 6. The molecule has 2 heterocycles. The van der Waals surface area contributed by atoms with Crippen LogP contribution in [0.3, 0.4) is 0 Å². The molecule has 0 aliphatic rings. The SMILES string of the molecule is Cc1nc2ncnn2c(N(C)C)c1-c1ccc(CCS(C)(=N)=O)cc1. The highest BCUT2D eigenvalue weighted by molar-refractivity contribution is 7.91. The molecular weight excluding hydrogens is 336 g/mol. The molecule has 0 aliphatic carbocycles. The summed E-state index contributed by atoms with van der Waals surface area (Å²) >= 11 is 0. The van der Waals surface area contributed by atoms with E-state index in [2.05, 4.69) is 15.1 Å². The van der Waals surface area contributed by atoms with E-state index in [1.807, 2.05) is 50.2 Å². The van der Waals surface area contributed by atoms with Gasteiger partial charge in [0.15, 0.2) is 0 Å². The molecule has 3 rings (SSSR count). The van der Waals surface area contributed by atoms with Crippen molar-refractivity contribution in [1.82, 2.24) is 19.6 Å². The molecule has 2 aromatic heterocycles. The Balaban J connectivity index is 2.04. The normalized spacial score (nSPS) is 13.8. The summed E-state index contributed by atoms with van der Waals surface area (Å²) in [6.45, 7) is 1.97. The topological polar surface area (TPSA) is 87.2 Å². The summed E-state index contributed by atoms with van der Waals surface area (Å²) in [6, 6.07) is 8.11. The maximum absolute atomic E-state index is 11.5. The summed E-state index contributed by atoms with van der Waals surface area (Å²) in [7, 11) is 1.48. The molecule has 25 heavy (non-hydrogen) atoms. The minimum Gasteiger partial charge on any atom is -0.362 e. The van der Waals surface area contributed by atoms with Crippen LogP contribution in [0.15, 0.2) is 30.6 Å². The second kappa shape index (κ2) is 6.44. The van der Waals surface area contributed by atoms with Crippen molar-refractivity contribution in [1.29, 1.82) is 4.78 Å². The molecule has 0 saturated heterocycles. The van der Waals surface area contributed by atoms with E-state index in [1.165, 1.54) is 12.6 Å². The summed E-state index contributed by atoms with van der Waals surface area (Å²) in [6.07, 6.45) is 3.62. The lowest BCUT2D eigenvalue weighted by Gasteiger charge is -2.20. The van der Waals surface area contributed by atoms with Gasteiger partial charge in [-0.1, -0.05) is 24.3 Å². The largest absolute Gasteiger partial charge is 0.362 e. The van der Waals surface area contributed by atoms with Gasteiger partial charge in [0.1, 0.15) is 12.1 Å². The van der Waals surface area contributed by atoms with Gasteiger partial charge in [0.2, 0.25) is 0 Å². The first-order valence-corrected chi connectivity index (χ1v) is 10.1. The van der Waals surface area contributed by atoms with Crippen molar-refractivity contribution in [3.63, 3.8) is 0 Å². The lowest BCUT2D eigenvalue weighted by Crippen LogP contribution is -2.17. The Morgan fingerprint density at radius 3 is 2.52 bits per heavy atom. The Morgan fingerprint density at radius 2 is 1.92 bits per heavy atom. The fraction of sp³-hybridized carbons (Fsp3) is 0.353. The highest BCUT2D eigenvalue weighted by Crippen LogP contribution is 2.32. The number of hydrogen-bond donors (Lipinski definition) is 1. The number of aryl methyl sites for hydroxylation is 2. The average Bonchev–Trinajstić information content (AvgIpc) is 2.99. The quantitative estimate of drug-likeness (QED) is 0.757. The first kappa shape index (κ1) is 17.3. The van der Waals surface area contributed by atoms with Gasteiger partial charge in [-0.15, -0.1) is 0 Å². The molecule has 0 bridgehead atoms. The lowest BCUT2D eigenvalue weighted by atomic mass is 10.0. The lowest BCUT2D eigenvalue weighted by molar-refractivity contribution is 0.678. The Kier molecular flexibility index (Phi) is 4.47. The third-order valence-electron chi connectivity index (χ3n) is 4.03. The molecule has 1 unspecified atom stereocenters. The Labute approximate surface area is 147 Å². The summed E-state index contributed by atoms with van der Waals surface area (Å²) < 4.78 is 20.8. The van der Waals surface area contributed by atoms with Crippen LogP contribution in [0.2, 0.25) is 0 Å². The van der Waals surface area contributed by atoms with Crippen molar-refractivity contribution in [2.75, 3.05) is 31.0 Å². The van der Waals surface area contributed by atoms with E-state index >= 15 is 0 Å². The van der Waals surface area contributed by atoms with Gasteiger partial charge in [0.25, 0.3) is 5.78 Å². The predicted octanol–water partition coefficient (Wildman–Crippen LogP) is 2.38. The first-order chi connectivity index (χ1) is 11.8. The van der Waals surface area contributed by atoms with E-state index in [-0.39, 0.29) is 0 Å². The predicted molar refractivity (Wildman–Crippen MR) is 101 cm³/mol. The molecule has 0 aliphatic heterocycles. The zero-order valence-corrected chi connectivity index (χ0v) is 15.7. The molecule has 0 amide bonds. The van der Waals surface area contributed by atoms with Crippen molar-refractivity contribution in [3.8, 4) is 11.1 Å². The summed E-state index contributed by atoms with van der Waals surface area (Å²) in [5, 5.41) is 4.29. The second-order valence-electron chi connectivity index (χ2n) is 6.42. The van der Waals surface area contributed by atoms with Crippen molar-refractivity contribution < 1.29 is 4.21 Å². The monoisotopic (exact) mass is 358 g/mol. The second-order valence-corrected chi connectivity index (χ2v) is 8.84. The molecule has 132 valence electrons. The third kappa shape index (κ3) is 3.63. The van der Waals surface area contributed by atoms with Gasteiger partial charge in [-0.25, -0.2) is 4.98 Å². The number of benzene rings is 1. The minimum atomic E-state index is -2.46. The van der Waals surface area contributed by atoms with Gasteiger partial charge in [-0.3, -0.25) is 8.99 Å². The van der Waals surface area contributed by atoms with Crippen LogP contribution in [0.5, 0.6) is 0 Å². The smallest absolute Gasteiger partial charge is 0.254 e. The zero-order valence-electron chi connectivity index (χ0n) is 14.9. The van der Waals surface area contributed by atoms with E-state index in [4.69, 9.17) is 4.78 Å². The average molecular weight is 358 g/mol. The summed E-state index contributed by atoms with van der Waals surface area (Å²) in [4.78, 5) is 10.7. The van der Waals surface area contributed by atoms with Gasteiger partial charge in [0, 0.05) is 41.4 Å². The van der Waals surface area contributed by atoms with Gasteiger partial charge < -0.3 is 4.90 Å². The van der Waals surface area contributed by atoms with E-state index in [9.17, 15) is 4.21 Å². The number of fused-ring (bicyclic) bond motifs is 1. The molecule has 1 atom stereocenters. The molecule has 8 heteroatoms. The van der Waals surface area contributed by atoms with E-state index in [0.717, 1.165) is 28.2 Å². The Hall–Kier alpha value is -2.48. The van der Waals surface area contributed by atoms with Crippen LogP contribution in [0, 0.1) is 11.7 Å². The molecule has 0 saturated carbocycles. The molecule has 0 spiro atoms. The van der Waals surface area contributed by atoms with Crippen LogP contribution in [-0.4, -0.2) is 49.9 Å². The van der Waals surface area contributed by atoms with Crippen molar-refractivity contribution in [2.45, 2.75) is 13.3 Å². The number of anilines is 1. The van der Waals surface area contributed by atoms with Crippen molar-refractivity contribution >= 4 is 21.3 Å². The van der Waals surface area contributed by atoms with Crippen LogP contribution in [0.1, 0.15) is 11.3 Å². The fourth-order valence-corrected chi connectivity index (χ4v) is 3.46. The molecule has 0 fully saturated rings. The molecule has 3 aromatic rings. The van der Waals surface area contributed by atoms with Gasteiger partial charge in [-0.05, 0) is 24.5 Å². The molecule has 1 aromatic carbocycles. The number of nitrogens with zero attached hydrogens (tertiary/aromatic N) is 5. The van der Waals surface area contributed by atoms with E-state index in [0.29, 0.717) is 18.0 Å². The molecule has 1 N–H and O–H groups in total. The van der Waals surface area contributed by atoms with Crippen LogP contribution in [0.25, 0.3) is 16.9 Å². The molecular formula is C17H22N6OS. The van der Waals surface area contributed by atoms with E-state index < -0.39 is 9.73 Å². The maximum Gasteiger partial charge on any atom is 0.254 e. The van der Waals surface area contributed by atoms with E-state index in [1.54, 1.807) is 4.52 Å². The highest BCUT2D eigenvalue weighted by atomic mass is 32.2. The molecule has 0 radical (unpaired) electrons. The van der Waals surface area contributed by atoms with Crippen LogP contribution in [0.4, 0.5) is 5.82 Å². The van der Waals surface area contributed by atoms with Gasteiger partial charge >= 0.3 is 0 Å². The first-order valence-electron chi connectivity index (χ1n) is 7.95.